The van der Waals surface area contributed by atoms with Gasteiger partial charge in [0.05, 0.1) is 0 Å². The summed E-state index contributed by atoms with van der Waals surface area (Å²) in [5, 5.41) is 37.1. The lowest BCUT2D eigenvalue weighted by molar-refractivity contribution is 0.0681. The Hall–Kier alpha value is -3.03. The zero-order valence-electron chi connectivity index (χ0n) is 9.74. The lowest BCUT2D eigenvalue weighted by atomic mass is 10.3. The van der Waals surface area contributed by atoms with E-state index in [9.17, 15) is 24.2 Å². The SMILES string of the molecule is O=C(O)c1c(O)c(O)c(C(=O)O)n1-c1ccc(F)cc1. The summed E-state index contributed by atoms with van der Waals surface area (Å²) in [6.07, 6.45) is 0. The first-order valence-corrected chi connectivity index (χ1v) is 5.23. The average Bonchev–Trinajstić information content (AvgIpc) is 2.63. The Morgan fingerprint density at radius 1 is 0.900 bits per heavy atom. The van der Waals surface area contributed by atoms with Crippen LogP contribution >= 0.6 is 0 Å². The van der Waals surface area contributed by atoms with Gasteiger partial charge in [-0.05, 0) is 24.3 Å². The lowest BCUT2D eigenvalue weighted by Gasteiger charge is -2.08. The predicted octanol–water partition coefficient (Wildman–Crippen LogP) is 1.42. The number of aromatic carboxylic acids is 2. The number of carboxylic acid groups (broad SMARTS) is 2. The van der Waals surface area contributed by atoms with Gasteiger partial charge in [0, 0.05) is 5.69 Å². The van der Waals surface area contributed by atoms with E-state index in [0.29, 0.717) is 4.57 Å². The van der Waals surface area contributed by atoms with Crippen LogP contribution in [0.1, 0.15) is 21.0 Å². The molecule has 104 valence electrons. The zero-order chi connectivity index (χ0) is 15.0. The molecule has 8 heteroatoms. The number of halogens is 1. The van der Waals surface area contributed by atoms with E-state index < -0.39 is 40.6 Å². The van der Waals surface area contributed by atoms with Crippen LogP contribution in [0.25, 0.3) is 5.69 Å². The Labute approximate surface area is 110 Å². The average molecular weight is 281 g/mol. The van der Waals surface area contributed by atoms with Crippen LogP contribution < -0.4 is 0 Å². The smallest absolute Gasteiger partial charge is 0.356 e. The molecule has 0 unspecified atom stereocenters. The molecule has 4 N–H and O–H groups in total. The molecule has 20 heavy (non-hydrogen) atoms. The van der Waals surface area contributed by atoms with Gasteiger partial charge in [-0.2, -0.15) is 0 Å². The molecule has 2 rings (SSSR count). The van der Waals surface area contributed by atoms with E-state index in [1.54, 1.807) is 0 Å². The standard InChI is InChI=1S/C12H8FNO6/c13-5-1-3-6(4-2-5)14-7(11(17)18)9(15)10(16)8(14)12(19)20/h1-4,15-16H,(H,17,18)(H,19,20). The van der Waals surface area contributed by atoms with Crippen LogP contribution in [-0.2, 0) is 0 Å². The van der Waals surface area contributed by atoms with Crippen molar-refractivity contribution in [2.75, 3.05) is 0 Å². The van der Waals surface area contributed by atoms with Gasteiger partial charge in [0.25, 0.3) is 0 Å². The van der Waals surface area contributed by atoms with Gasteiger partial charge in [-0.25, -0.2) is 14.0 Å². The van der Waals surface area contributed by atoms with Crippen molar-refractivity contribution in [1.29, 1.82) is 0 Å². The van der Waals surface area contributed by atoms with Gasteiger partial charge in [0.1, 0.15) is 5.82 Å². The fraction of sp³-hybridized carbons (Fsp3) is 0. The maximum atomic E-state index is 12.9. The minimum Gasteiger partial charge on any atom is -0.503 e. The second-order valence-electron chi connectivity index (χ2n) is 3.82. The molecule has 0 bridgehead atoms. The van der Waals surface area contributed by atoms with Crippen molar-refractivity contribution in [2.24, 2.45) is 0 Å². The number of aromatic hydroxyl groups is 2. The lowest BCUT2D eigenvalue weighted by Crippen LogP contribution is -2.12. The van der Waals surface area contributed by atoms with Gasteiger partial charge in [-0.15, -0.1) is 0 Å². The fourth-order valence-corrected chi connectivity index (χ4v) is 1.79. The first-order valence-electron chi connectivity index (χ1n) is 5.23. The molecule has 0 saturated carbocycles. The van der Waals surface area contributed by atoms with Gasteiger partial charge in [-0.1, -0.05) is 0 Å². The third-order valence-corrected chi connectivity index (χ3v) is 2.61. The minimum atomic E-state index is -1.64. The monoisotopic (exact) mass is 281 g/mol. The van der Waals surface area contributed by atoms with Crippen molar-refractivity contribution in [3.05, 3.63) is 41.5 Å². The van der Waals surface area contributed by atoms with Crippen molar-refractivity contribution in [3.63, 3.8) is 0 Å². The number of benzene rings is 1. The summed E-state index contributed by atoms with van der Waals surface area (Å²) in [6.45, 7) is 0. The van der Waals surface area contributed by atoms with Crippen LogP contribution in [0.5, 0.6) is 11.5 Å². The molecule has 0 amide bonds. The Bertz CT molecular complexity index is 666. The minimum absolute atomic E-state index is 0.0307. The third kappa shape index (κ3) is 1.92. The number of aromatic nitrogens is 1. The molecule has 0 aliphatic heterocycles. The van der Waals surface area contributed by atoms with Crippen molar-refractivity contribution in [3.8, 4) is 17.2 Å². The molecule has 0 radical (unpaired) electrons. The molecule has 1 aromatic carbocycles. The Morgan fingerprint density at radius 2 is 1.30 bits per heavy atom. The van der Waals surface area contributed by atoms with Crippen LogP contribution in [0.15, 0.2) is 24.3 Å². The highest BCUT2D eigenvalue weighted by Crippen LogP contribution is 2.38. The molecule has 1 heterocycles. The van der Waals surface area contributed by atoms with Crippen LogP contribution in [0, 0.1) is 5.82 Å². The summed E-state index contributed by atoms with van der Waals surface area (Å²) in [7, 11) is 0. The predicted molar refractivity (Wildman–Crippen MR) is 63.0 cm³/mol. The number of hydrogen-bond donors (Lipinski definition) is 4. The zero-order valence-corrected chi connectivity index (χ0v) is 9.74. The van der Waals surface area contributed by atoms with E-state index in [1.165, 1.54) is 0 Å². The highest BCUT2D eigenvalue weighted by Gasteiger charge is 2.31. The fourth-order valence-electron chi connectivity index (χ4n) is 1.79. The third-order valence-electron chi connectivity index (χ3n) is 2.61. The van der Waals surface area contributed by atoms with Crippen molar-refractivity contribution in [1.82, 2.24) is 4.57 Å². The largest absolute Gasteiger partial charge is 0.503 e. The van der Waals surface area contributed by atoms with Crippen molar-refractivity contribution < 1.29 is 34.4 Å². The molecule has 0 spiro atoms. The quantitative estimate of drug-likeness (QED) is 0.675. The summed E-state index contributed by atoms with van der Waals surface area (Å²) in [4.78, 5) is 22.2. The van der Waals surface area contributed by atoms with Crippen molar-refractivity contribution >= 4 is 11.9 Å². The van der Waals surface area contributed by atoms with E-state index in [4.69, 9.17) is 10.2 Å². The van der Waals surface area contributed by atoms with Crippen LogP contribution in [0.3, 0.4) is 0 Å². The number of carbonyl (C=O) groups is 2. The van der Waals surface area contributed by atoms with Gasteiger partial charge in [0.2, 0.25) is 0 Å². The molecular weight excluding hydrogens is 273 g/mol. The van der Waals surface area contributed by atoms with Gasteiger partial charge in [-0.3, -0.25) is 4.57 Å². The molecule has 0 saturated heterocycles. The number of nitrogens with zero attached hydrogens (tertiary/aromatic N) is 1. The molecule has 0 aliphatic carbocycles. The molecule has 7 nitrogen and oxygen atoms in total. The van der Waals surface area contributed by atoms with Crippen molar-refractivity contribution in [2.45, 2.75) is 0 Å². The Balaban J connectivity index is 2.85. The van der Waals surface area contributed by atoms with E-state index in [-0.39, 0.29) is 5.69 Å². The van der Waals surface area contributed by atoms with E-state index in [0.717, 1.165) is 24.3 Å². The number of rotatable bonds is 3. The normalized spacial score (nSPS) is 10.4. The Kier molecular flexibility index (Phi) is 3.07. The first-order chi connectivity index (χ1) is 9.34. The van der Waals surface area contributed by atoms with Crippen LogP contribution in [0.2, 0.25) is 0 Å². The van der Waals surface area contributed by atoms with Gasteiger partial charge >= 0.3 is 11.9 Å². The highest BCUT2D eigenvalue weighted by molar-refractivity contribution is 5.99. The Morgan fingerprint density at radius 3 is 1.65 bits per heavy atom. The first kappa shape index (κ1) is 13.4. The summed E-state index contributed by atoms with van der Waals surface area (Å²) in [5.41, 5.74) is -1.69. The topological polar surface area (TPSA) is 120 Å². The summed E-state index contributed by atoms with van der Waals surface area (Å²) < 4.78 is 13.5. The molecular formula is C12H8FNO6. The maximum absolute atomic E-state index is 12.9. The molecule has 1 aromatic heterocycles. The van der Waals surface area contributed by atoms with Crippen LogP contribution in [0.4, 0.5) is 4.39 Å². The molecule has 2 aromatic rings. The van der Waals surface area contributed by atoms with E-state index in [2.05, 4.69) is 0 Å². The molecule has 0 atom stereocenters. The molecule has 0 aliphatic rings. The van der Waals surface area contributed by atoms with Gasteiger partial charge < -0.3 is 20.4 Å². The maximum Gasteiger partial charge on any atom is 0.356 e. The highest BCUT2D eigenvalue weighted by atomic mass is 19.1. The second kappa shape index (κ2) is 4.57. The summed E-state index contributed by atoms with van der Waals surface area (Å²) >= 11 is 0. The van der Waals surface area contributed by atoms with E-state index >= 15 is 0 Å². The molecule has 0 fully saturated rings. The van der Waals surface area contributed by atoms with Gasteiger partial charge in [0.15, 0.2) is 22.9 Å². The van der Waals surface area contributed by atoms with Crippen LogP contribution in [-0.4, -0.2) is 36.9 Å². The second-order valence-corrected chi connectivity index (χ2v) is 3.82. The number of hydrogen-bond acceptors (Lipinski definition) is 4. The summed E-state index contributed by atoms with van der Waals surface area (Å²) in [6, 6.07) is 4.21. The summed E-state index contributed by atoms with van der Waals surface area (Å²) in [5.74, 6) is -6.04. The van der Waals surface area contributed by atoms with E-state index in [1.807, 2.05) is 0 Å². The number of carboxylic acids is 2.